The van der Waals surface area contributed by atoms with Gasteiger partial charge in [-0.05, 0) is 37.4 Å². The summed E-state index contributed by atoms with van der Waals surface area (Å²) in [6.45, 7) is 3.67. The van der Waals surface area contributed by atoms with Crippen molar-refractivity contribution in [3.8, 4) is 6.07 Å². The fraction of sp³-hybridized carbons (Fsp3) is 0.625. The maximum atomic E-state index is 12.3. The molecule has 0 radical (unpaired) electrons. The number of hydrogen-bond donors (Lipinski definition) is 1. The molecule has 0 aromatic carbocycles. The minimum absolute atomic E-state index is 0.0807. The highest BCUT2D eigenvalue weighted by Crippen LogP contribution is 2.16. The highest BCUT2D eigenvalue weighted by atomic mass is 16.3. The van der Waals surface area contributed by atoms with E-state index in [1.807, 2.05) is 6.07 Å². The molecule has 1 aromatic rings. The highest BCUT2D eigenvalue weighted by Gasteiger charge is 2.16. The van der Waals surface area contributed by atoms with Crippen LogP contribution in [0.25, 0.3) is 0 Å². The molecular weight excluding hydrogens is 266 g/mol. The Morgan fingerprint density at radius 3 is 2.90 bits per heavy atom. The van der Waals surface area contributed by atoms with Gasteiger partial charge in [0.1, 0.15) is 5.76 Å². The molecule has 0 aliphatic heterocycles. The molecule has 116 valence electrons. The van der Waals surface area contributed by atoms with Gasteiger partial charge in [0.25, 0.3) is 0 Å². The van der Waals surface area contributed by atoms with Gasteiger partial charge in [0.05, 0.1) is 25.3 Å². The molecule has 5 nitrogen and oxygen atoms in total. The number of amides is 1. The van der Waals surface area contributed by atoms with Crippen molar-refractivity contribution >= 4 is 5.91 Å². The number of nitriles is 1. The minimum atomic E-state index is 0.0807. The maximum absolute atomic E-state index is 12.3. The summed E-state index contributed by atoms with van der Waals surface area (Å²) in [6, 6.07) is 5.73. The SMILES string of the molecule is CCC(CCN)CCC(=O)N(CCC#N)Cc1ccco1. The van der Waals surface area contributed by atoms with Crippen LogP contribution in [0.3, 0.4) is 0 Å². The van der Waals surface area contributed by atoms with Gasteiger partial charge < -0.3 is 15.1 Å². The van der Waals surface area contributed by atoms with Crippen molar-refractivity contribution in [2.75, 3.05) is 13.1 Å². The fourth-order valence-electron chi connectivity index (χ4n) is 2.34. The molecule has 0 saturated heterocycles. The third kappa shape index (κ3) is 6.46. The van der Waals surface area contributed by atoms with E-state index >= 15 is 0 Å². The monoisotopic (exact) mass is 291 g/mol. The predicted octanol–water partition coefficient (Wildman–Crippen LogP) is 2.68. The lowest BCUT2D eigenvalue weighted by Crippen LogP contribution is -2.31. The van der Waals surface area contributed by atoms with Crippen molar-refractivity contribution in [1.82, 2.24) is 4.90 Å². The zero-order valence-corrected chi connectivity index (χ0v) is 12.8. The highest BCUT2D eigenvalue weighted by molar-refractivity contribution is 5.76. The van der Waals surface area contributed by atoms with Gasteiger partial charge in [-0.15, -0.1) is 0 Å². The lowest BCUT2D eigenvalue weighted by molar-refractivity contribution is -0.132. The number of carbonyl (C=O) groups excluding carboxylic acids is 1. The molecule has 1 amide bonds. The van der Waals surface area contributed by atoms with Crippen molar-refractivity contribution in [2.45, 2.75) is 45.6 Å². The van der Waals surface area contributed by atoms with Gasteiger partial charge in [0, 0.05) is 13.0 Å². The third-order valence-electron chi connectivity index (χ3n) is 3.69. The first-order chi connectivity index (χ1) is 10.2. The number of nitrogens with zero attached hydrogens (tertiary/aromatic N) is 2. The molecule has 21 heavy (non-hydrogen) atoms. The fourth-order valence-corrected chi connectivity index (χ4v) is 2.34. The molecule has 2 N–H and O–H groups in total. The summed E-state index contributed by atoms with van der Waals surface area (Å²) in [5.74, 6) is 1.33. The van der Waals surface area contributed by atoms with E-state index in [9.17, 15) is 4.79 Å². The average molecular weight is 291 g/mol. The summed E-state index contributed by atoms with van der Waals surface area (Å²) >= 11 is 0. The van der Waals surface area contributed by atoms with E-state index in [0.717, 1.165) is 25.0 Å². The van der Waals surface area contributed by atoms with Crippen LogP contribution in [0, 0.1) is 17.2 Å². The Morgan fingerprint density at radius 2 is 2.33 bits per heavy atom. The number of carbonyl (C=O) groups is 1. The van der Waals surface area contributed by atoms with Crippen LogP contribution >= 0.6 is 0 Å². The van der Waals surface area contributed by atoms with Crippen LogP contribution in [-0.2, 0) is 11.3 Å². The second kappa shape index (κ2) is 10.0. The van der Waals surface area contributed by atoms with E-state index in [1.54, 1.807) is 17.2 Å². The molecule has 5 heteroatoms. The van der Waals surface area contributed by atoms with Gasteiger partial charge in [0.15, 0.2) is 0 Å². The van der Waals surface area contributed by atoms with Crippen molar-refractivity contribution < 1.29 is 9.21 Å². The second-order valence-electron chi connectivity index (χ2n) is 5.19. The average Bonchev–Trinajstić information content (AvgIpc) is 3.00. The van der Waals surface area contributed by atoms with E-state index in [1.165, 1.54) is 0 Å². The van der Waals surface area contributed by atoms with Crippen LogP contribution in [-0.4, -0.2) is 23.9 Å². The molecule has 1 heterocycles. The van der Waals surface area contributed by atoms with Crippen LogP contribution in [0.15, 0.2) is 22.8 Å². The Bertz CT molecular complexity index is 437. The topological polar surface area (TPSA) is 83.3 Å². The van der Waals surface area contributed by atoms with Crippen LogP contribution in [0.2, 0.25) is 0 Å². The second-order valence-corrected chi connectivity index (χ2v) is 5.19. The van der Waals surface area contributed by atoms with Crippen LogP contribution in [0.1, 0.15) is 44.8 Å². The molecule has 0 aliphatic carbocycles. The van der Waals surface area contributed by atoms with Crippen molar-refractivity contribution in [3.63, 3.8) is 0 Å². The third-order valence-corrected chi connectivity index (χ3v) is 3.69. The van der Waals surface area contributed by atoms with E-state index in [-0.39, 0.29) is 5.91 Å². The molecule has 0 aliphatic rings. The van der Waals surface area contributed by atoms with E-state index in [2.05, 4.69) is 13.0 Å². The number of furan rings is 1. The van der Waals surface area contributed by atoms with Crippen LogP contribution < -0.4 is 5.73 Å². The van der Waals surface area contributed by atoms with Crippen LogP contribution in [0.5, 0.6) is 0 Å². The molecule has 1 unspecified atom stereocenters. The van der Waals surface area contributed by atoms with Crippen molar-refractivity contribution in [2.24, 2.45) is 11.7 Å². The standard InChI is InChI=1S/C16H25N3O2/c1-2-14(8-10-18)6-7-16(20)19(11-4-9-17)13-15-5-3-12-21-15/h3,5,12,14H,2,4,6-8,10-11,13,18H2,1H3. The quantitative estimate of drug-likeness (QED) is 0.718. The summed E-state index contributed by atoms with van der Waals surface area (Å²) in [4.78, 5) is 14.0. The lowest BCUT2D eigenvalue weighted by Gasteiger charge is -2.22. The molecule has 0 fully saturated rings. The Kier molecular flexibility index (Phi) is 8.22. The van der Waals surface area contributed by atoms with E-state index in [0.29, 0.717) is 38.4 Å². The van der Waals surface area contributed by atoms with Gasteiger partial charge >= 0.3 is 0 Å². The van der Waals surface area contributed by atoms with E-state index < -0.39 is 0 Å². The smallest absolute Gasteiger partial charge is 0.223 e. The zero-order chi connectivity index (χ0) is 15.5. The van der Waals surface area contributed by atoms with E-state index in [4.69, 9.17) is 15.4 Å². The maximum Gasteiger partial charge on any atom is 0.223 e. The molecule has 1 rings (SSSR count). The number of rotatable bonds is 10. The van der Waals surface area contributed by atoms with Gasteiger partial charge in [-0.3, -0.25) is 4.79 Å². The molecule has 1 aromatic heterocycles. The van der Waals surface area contributed by atoms with Gasteiger partial charge in [-0.25, -0.2) is 0 Å². The minimum Gasteiger partial charge on any atom is -0.467 e. The molecule has 1 atom stereocenters. The summed E-state index contributed by atoms with van der Waals surface area (Å²) in [7, 11) is 0. The Balaban J connectivity index is 2.52. The molecule has 0 saturated carbocycles. The Hall–Kier alpha value is -1.80. The van der Waals surface area contributed by atoms with Gasteiger partial charge in [-0.1, -0.05) is 13.3 Å². The zero-order valence-electron chi connectivity index (χ0n) is 12.8. The summed E-state index contributed by atoms with van der Waals surface area (Å²) in [5, 5.41) is 8.72. The van der Waals surface area contributed by atoms with Crippen molar-refractivity contribution in [1.29, 1.82) is 5.26 Å². The predicted molar refractivity (Wildman–Crippen MR) is 81.0 cm³/mol. The summed E-state index contributed by atoms with van der Waals surface area (Å²) in [5.41, 5.74) is 5.58. The normalized spacial score (nSPS) is 11.9. The summed E-state index contributed by atoms with van der Waals surface area (Å²) < 4.78 is 5.29. The lowest BCUT2D eigenvalue weighted by atomic mass is 9.96. The number of nitrogens with two attached hydrogens (primary N) is 1. The van der Waals surface area contributed by atoms with Crippen molar-refractivity contribution in [3.05, 3.63) is 24.2 Å². The Labute approximate surface area is 126 Å². The number of hydrogen-bond acceptors (Lipinski definition) is 4. The first-order valence-corrected chi connectivity index (χ1v) is 7.58. The summed E-state index contributed by atoms with van der Waals surface area (Å²) in [6.07, 6.45) is 5.29. The molecular formula is C16H25N3O2. The first-order valence-electron chi connectivity index (χ1n) is 7.58. The largest absolute Gasteiger partial charge is 0.467 e. The van der Waals surface area contributed by atoms with Crippen LogP contribution in [0.4, 0.5) is 0 Å². The molecule has 0 bridgehead atoms. The first kappa shape index (κ1) is 17.3. The molecule has 0 spiro atoms. The van der Waals surface area contributed by atoms with Gasteiger partial charge in [0.2, 0.25) is 5.91 Å². The van der Waals surface area contributed by atoms with Gasteiger partial charge in [-0.2, -0.15) is 5.26 Å². The Morgan fingerprint density at radius 1 is 1.52 bits per heavy atom.